The number of hydrogen-bond donors (Lipinski definition) is 2. The van der Waals surface area contributed by atoms with Gasteiger partial charge in [0.25, 0.3) is 0 Å². The molecule has 0 saturated carbocycles. The molecule has 2 aromatic rings. The lowest BCUT2D eigenvalue weighted by Gasteiger charge is -2.09. The van der Waals surface area contributed by atoms with Crippen molar-refractivity contribution in [2.75, 3.05) is 17.2 Å². The summed E-state index contributed by atoms with van der Waals surface area (Å²) in [6.45, 7) is 2.91. The fourth-order valence-electron chi connectivity index (χ4n) is 1.62. The molecule has 0 aliphatic rings. The second kappa shape index (κ2) is 6.13. The molecule has 1 aromatic carbocycles. The molecule has 19 heavy (non-hydrogen) atoms. The first-order valence-electron chi connectivity index (χ1n) is 6.10. The number of benzene rings is 1. The molecule has 1 heterocycles. The number of pyridine rings is 1. The SMILES string of the molecule is CCCNc1cncc(Nc2ccc(F)cc2F)c1. The van der Waals surface area contributed by atoms with E-state index in [2.05, 4.69) is 22.5 Å². The average Bonchev–Trinajstić information content (AvgIpc) is 2.40. The Hall–Kier alpha value is -2.17. The third-order valence-corrected chi connectivity index (χ3v) is 2.53. The molecule has 0 aliphatic carbocycles. The standard InChI is InChI=1S/C14H15F2N3/c1-2-5-18-11-7-12(9-17-8-11)19-14-4-3-10(15)6-13(14)16/h3-4,6-9,18-19H,2,5H2,1H3. The summed E-state index contributed by atoms with van der Waals surface area (Å²) in [4.78, 5) is 4.06. The minimum absolute atomic E-state index is 0.218. The first-order chi connectivity index (χ1) is 9.19. The Kier molecular flexibility index (Phi) is 4.28. The molecular formula is C14H15F2N3. The first-order valence-corrected chi connectivity index (χ1v) is 6.10. The van der Waals surface area contributed by atoms with Crippen LogP contribution in [0.1, 0.15) is 13.3 Å². The van der Waals surface area contributed by atoms with Crippen molar-refractivity contribution >= 4 is 17.1 Å². The Morgan fingerprint density at radius 3 is 2.63 bits per heavy atom. The van der Waals surface area contributed by atoms with Crippen molar-refractivity contribution in [1.82, 2.24) is 4.98 Å². The average molecular weight is 263 g/mol. The van der Waals surface area contributed by atoms with Gasteiger partial charge in [-0.15, -0.1) is 0 Å². The summed E-state index contributed by atoms with van der Waals surface area (Å²) >= 11 is 0. The molecule has 0 aliphatic heterocycles. The van der Waals surface area contributed by atoms with E-state index in [-0.39, 0.29) is 5.69 Å². The molecule has 0 unspecified atom stereocenters. The van der Waals surface area contributed by atoms with E-state index in [0.29, 0.717) is 5.69 Å². The number of aromatic nitrogens is 1. The number of halogens is 2. The molecule has 1 aromatic heterocycles. The van der Waals surface area contributed by atoms with Gasteiger partial charge in [-0.3, -0.25) is 4.98 Å². The lowest BCUT2D eigenvalue weighted by Crippen LogP contribution is -2.01. The summed E-state index contributed by atoms with van der Waals surface area (Å²) in [6, 6.07) is 5.23. The molecule has 3 nitrogen and oxygen atoms in total. The Bertz CT molecular complexity index is 558. The predicted octanol–water partition coefficient (Wildman–Crippen LogP) is 3.93. The molecule has 0 atom stereocenters. The Morgan fingerprint density at radius 1 is 1.11 bits per heavy atom. The van der Waals surface area contributed by atoms with Gasteiger partial charge in [-0.25, -0.2) is 8.78 Å². The van der Waals surface area contributed by atoms with Crippen LogP contribution in [0, 0.1) is 11.6 Å². The van der Waals surface area contributed by atoms with Gasteiger partial charge in [0.15, 0.2) is 0 Å². The third-order valence-electron chi connectivity index (χ3n) is 2.53. The summed E-state index contributed by atoms with van der Waals surface area (Å²) in [5.74, 6) is -1.23. The highest BCUT2D eigenvalue weighted by molar-refractivity contribution is 5.63. The fourth-order valence-corrected chi connectivity index (χ4v) is 1.62. The van der Waals surface area contributed by atoms with E-state index in [4.69, 9.17) is 0 Å². The van der Waals surface area contributed by atoms with Gasteiger partial charge >= 0.3 is 0 Å². The monoisotopic (exact) mass is 263 g/mol. The van der Waals surface area contributed by atoms with Crippen molar-refractivity contribution in [2.24, 2.45) is 0 Å². The summed E-state index contributed by atoms with van der Waals surface area (Å²) in [7, 11) is 0. The zero-order valence-corrected chi connectivity index (χ0v) is 10.6. The van der Waals surface area contributed by atoms with Gasteiger partial charge in [-0.1, -0.05) is 6.92 Å². The van der Waals surface area contributed by atoms with Gasteiger partial charge in [0.05, 0.1) is 29.5 Å². The normalized spacial score (nSPS) is 10.3. The summed E-state index contributed by atoms with van der Waals surface area (Å²) in [5, 5.41) is 6.06. The zero-order valence-electron chi connectivity index (χ0n) is 10.6. The van der Waals surface area contributed by atoms with Crippen LogP contribution in [0.3, 0.4) is 0 Å². The van der Waals surface area contributed by atoms with E-state index in [0.717, 1.165) is 24.7 Å². The lowest BCUT2D eigenvalue weighted by atomic mass is 10.2. The van der Waals surface area contributed by atoms with E-state index in [1.807, 2.05) is 6.07 Å². The predicted molar refractivity (Wildman–Crippen MR) is 72.7 cm³/mol. The van der Waals surface area contributed by atoms with Crippen molar-refractivity contribution in [3.05, 3.63) is 48.3 Å². The maximum atomic E-state index is 13.5. The van der Waals surface area contributed by atoms with Crippen molar-refractivity contribution in [3.8, 4) is 0 Å². The largest absolute Gasteiger partial charge is 0.384 e. The molecule has 0 saturated heterocycles. The van der Waals surface area contributed by atoms with Crippen LogP contribution in [0.2, 0.25) is 0 Å². The number of nitrogens with zero attached hydrogens (tertiary/aromatic N) is 1. The van der Waals surface area contributed by atoms with Gasteiger partial charge in [0.1, 0.15) is 11.6 Å². The Labute approximate surface area is 110 Å². The van der Waals surface area contributed by atoms with Gasteiger partial charge in [0, 0.05) is 12.6 Å². The van der Waals surface area contributed by atoms with E-state index in [9.17, 15) is 8.78 Å². The Morgan fingerprint density at radius 2 is 1.89 bits per heavy atom. The summed E-state index contributed by atoms with van der Waals surface area (Å²) in [6.07, 6.45) is 4.28. The van der Waals surface area contributed by atoms with Crippen molar-refractivity contribution in [3.63, 3.8) is 0 Å². The molecule has 0 fully saturated rings. The van der Waals surface area contributed by atoms with E-state index < -0.39 is 11.6 Å². The molecule has 0 spiro atoms. The van der Waals surface area contributed by atoms with E-state index in [1.165, 1.54) is 12.1 Å². The maximum absolute atomic E-state index is 13.5. The third kappa shape index (κ3) is 3.64. The van der Waals surface area contributed by atoms with Gasteiger partial charge < -0.3 is 10.6 Å². The molecule has 5 heteroatoms. The Balaban J connectivity index is 2.14. The summed E-state index contributed by atoms with van der Waals surface area (Å²) in [5.41, 5.74) is 1.72. The number of hydrogen-bond acceptors (Lipinski definition) is 3. The van der Waals surface area contributed by atoms with Crippen LogP contribution in [-0.2, 0) is 0 Å². The van der Waals surface area contributed by atoms with Crippen LogP contribution in [0.4, 0.5) is 25.8 Å². The van der Waals surface area contributed by atoms with E-state index in [1.54, 1.807) is 12.4 Å². The van der Waals surface area contributed by atoms with E-state index >= 15 is 0 Å². The maximum Gasteiger partial charge on any atom is 0.149 e. The number of rotatable bonds is 5. The minimum atomic E-state index is -0.632. The molecule has 0 amide bonds. The van der Waals surface area contributed by atoms with Gasteiger partial charge in [-0.2, -0.15) is 0 Å². The highest BCUT2D eigenvalue weighted by Crippen LogP contribution is 2.21. The molecule has 2 rings (SSSR count). The number of nitrogens with one attached hydrogen (secondary N) is 2. The highest BCUT2D eigenvalue weighted by Gasteiger charge is 2.04. The van der Waals surface area contributed by atoms with Crippen molar-refractivity contribution < 1.29 is 8.78 Å². The van der Waals surface area contributed by atoms with Crippen molar-refractivity contribution in [1.29, 1.82) is 0 Å². The lowest BCUT2D eigenvalue weighted by molar-refractivity contribution is 0.586. The quantitative estimate of drug-likeness (QED) is 0.858. The van der Waals surface area contributed by atoms with Crippen LogP contribution < -0.4 is 10.6 Å². The van der Waals surface area contributed by atoms with Gasteiger partial charge in [-0.05, 0) is 24.6 Å². The molecule has 0 bridgehead atoms. The number of anilines is 3. The van der Waals surface area contributed by atoms with Gasteiger partial charge in [0.2, 0.25) is 0 Å². The van der Waals surface area contributed by atoms with Crippen LogP contribution in [0.5, 0.6) is 0 Å². The highest BCUT2D eigenvalue weighted by atomic mass is 19.1. The molecule has 0 radical (unpaired) electrons. The summed E-state index contributed by atoms with van der Waals surface area (Å²) < 4.78 is 26.3. The second-order valence-electron chi connectivity index (χ2n) is 4.14. The van der Waals surface area contributed by atoms with Crippen LogP contribution >= 0.6 is 0 Å². The van der Waals surface area contributed by atoms with Crippen LogP contribution in [0.15, 0.2) is 36.7 Å². The minimum Gasteiger partial charge on any atom is -0.384 e. The van der Waals surface area contributed by atoms with Crippen LogP contribution in [0.25, 0.3) is 0 Å². The molecule has 100 valence electrons. The van der Waals surface area contributed by atoms with Crippen LogP contribution in [-0.4, -0.2) is 11.5 Å². The fraction of sp³-hybridized carbons (Fsp3) is 0.214. The zero-order chi connectivity index (χ0) is 13.7. The molecule has 2 N–H and O–H groups in total. The van der Waals surface area contributed by atoms with Crippen molar-refractivity contribution in [2.45, 2.75) is 13.3 Å². The first kappa shape index (κ1) is 13.3. The topological polar surface area (TPSA) is 37.0 Å². The smallest absolute Gasteiger partial charge is 0.149 e. The second-order valence-corrected chi connectivity index (χ2v) is 4.14. The molecular weight excluding hydrogens is 248 g/mol.